The largest absolute Gasteiger partial charge is 0.610 e. The van der Waals surface area contributed by atoms with Gasteiger partial charge in [-0.2, -0.15) is 5.10 Å². The number of hydrogen-bond donors (Lipinski definition) is 0. The van der Waals surface area contributed by atoms with Crippen molar-refractivity contribution in [1.82, 2.24) is 14.7 Å². The van der Waals surface area contributed by atoms with Gasteiger partial charge >= 0.3 is 7.07 Å². The van der Waals surface area contributed by atoms with E-state index in [-0.39, 0.29) is 64.0 Å². The maximum Gasteiger partial charge on any atom is 0.540 e. The van der Waals surface area contributed by atoms with Crippen molar-refractivity contribution in [2.24, 2.45) is 20.1 Å². The molecule has 4 aromatic rings. The van der Waals surface area contributed by atoms with Gasteiger partial charge in [-0.15, -0.1) is 5.10 Å². The molecule has 55 heavy (non-hydrogen) atoms. The summed E-state index contributed by atoms with van der Waals surface area (Å²) in [5.74, 6) is 2.82. The summed E-state index contributed by atoms with van der Waals surface area (Å²) in [4.78, 5) is 12.4. The fraction of sp³-hybridized carbons (Fsp3) is 0.171. The number of hydrogen-bond acceptors (Lipinski definition) is 11. The van der Waals surface area contributed by atoms with E-state index in [0.29, 0.717) is 23.0 Å². The zero-order chi connectivity index (χ0) is 37.8. The van der Waals surface area contributed by atoms with Gasteiger partial charge < -0.3 is 33.0 Å². The van der Waals surface area contributed by atoms with Crippen LogP contribution in [0.25, 0.3) is 10.4 Å². The second kappa shape index (κ2) is 26.9. The smallest absolute Gasteiger partial charge is 0.540 e. The Hall–Kier alpha value is -2.85. The van der Waals surface area contributed by atoms with Gasteiger partial charge in [0.15, 0.2) is 19.2 Å². The number of rotatable bonds is 21. The molecule has 0 heterocycles. The molecule has 0 amide bonds. The standard InChI is InChI=1S/C35H40N9O4P4S.2W/c1-42(2)22-21-28-5-17-34(18-6-28)47-51(53)44(4)39-25-31-9-13-32(14-10-31)45-26-37-23-29-7-15-33(16-8-29)46-27-43(3)38-24-30-11-19-35(20-12-30)48-52(49)50-41-40-36;;/h5-20,23-25,50H,1-2,21-22,26-27,49H2,3-4H3;;/q-1;;/b37-23?,38-24+,39-25+;;. The van der Waals surface area contributed by atoms with E-state index in [9.17, 15) is 0 Å². The molecule has 20 heteroatoms. The van der Waals surface area contributed by atoms with Crippen molar-refractivity contribution in [3.63, 3.8) is 0 Å². The molecule has 0 aliphatic heterocycles. The topological polar surface area (TPSA) is 132 Å². The Kier molecular flexibility index (Phi) is 23.6. The first-order valence-corrected chi connectivity index (χ1v) is 22.8. The summed E-state index contributed by atoms with van der Waals surface area (Å²) < 4.78 is 24.9. The molecule has 288 valence electrons. The van der Waals surface area contributed by atoms with Crippen molar-refractivity contribution < 1.29 is 60.7 Å². The molecule has 0 aliphatic carbocycles. The van der Waals surface area contributed by atoms with Gasteiger partial charge in [0, 0.05) is 68.7 Å². The van der Waals surface area contributed by atoms with E-state index >= 15 is 0 Å². The third-order valence-electron chi connectivity index (χ3n) is 6.83. The Labute approximate surface area is 362 Å². The summed E-state index contributed by atoms with van der Waals surface area (Å²) in [6.45, 7) is 1.22. The van der Waals surface area contributed by atoms with Crippen molar-refractivity contribution in [3.8, 4) is 23.0 Å². The normalized spacial score (nSPS) is 11.9. The van der Waals surface area contributed by atoms with Crippen molar-refractivity contribution in [2.75, 3.05) is 34.1 Å². The van der Waals surface area contributed by atoms with Crippen molar-refractivity contribution in [1.29, 1.82) is 0 Å². The zero-order valence-electron chi connectivity index (χ0n) is 30.1. The molecule has 0 N–H and O–H groups in total. The van der Waals surface area contributed by atoms with Crippen LogP contribution < -0.4 is 18.5 Å². The predicted octanol–water partition coefficient (Wildman–Crippen LogP) is 9.37. The van der Waals surface area contributed by atoms with Crippen LogP contribution in [0.2, 0.25) is 0 Å². The molecule has 0 aromatic heterocycles. The molecule has 0 saturated carbocycles. The average Bonchev–Trinajstić information content (AvgIpc) is 3.17. The molecular formula is C35H40N9O4P4SW2-. The van der Waals surface area contributed by atoms with Crippen LogP contribution in [0.4, 0.5) is 0 Å². The van der Waals surface area contributed by atoms with Crippen molar-refractivity contribution in [3.05, 3.63) is 144 Å². The molecule has 0 saturated heterocycles. The molecule has 4 unspecified atom stereocenters. The summed E-state index contributed by atoms with van der Waals surface area (Å²) in [6, 6.07) is 30.5. The van der Waals surface area contributed by atoms with Crippen molar-refractivity contribution >= 4 is 62.4 Å². The van der Waals surface area contributed by atoms with E-state index in [1.54, 1.807) is 40.4 Å². The van der Waals surface area contributed by atoms with Crippen LogP contribution in [0, 0.1) is 14.1 Å². The SMILES string of the molecule is [CH2-]N([CH2-])CCc1ccc(O[P+](=S)N(C)/N=C/c2ccc(OCN=Cc3ccc(OCN(C)/N=C/c4ccc(OP(P)PN=[N+]=[N-])cc4)cc3)cc2)cc1.[W].[W]. The van der Waals surface area contributed by atoms with Gasteiger partial charge in [-0.25, -0.2) is 0 Å². The van der Waals surface area contributed by atoms with Gasteiger partial charge in [-0.05, 0) is 119 Å². The second-order valence-corrected chi connectivity index (χ2v) is 19.3. The third-order valence-corrected chi connectivity index (χ3v) is 12.0. The Balaban J connectivity index is 0.00000523. The first kappa shape index (κ1) is 48.3. The molecule has 0 aliphatic rings. The van der Waals surface area contributed by atoms with E-state index in [4.69, 9.17) is 35.9 Å². The van der Waals surface area contributed by atoms with Crippen LogP contribution >= 0.6 is 31.9 Å². The maximum atomic E-state index is 8.44. The van der Waals surface area contributed by atoms with Crippen LogP contribution in [-0.2, 0) is 60.4 Å². The van der Waals surface area contributed by atoms with E-state index < -0.39 is 14.6 Å². The minimum atomic E-state index is -1.37. The third kappa shape index (κ3) is 19.2. The van der Waals surface area contributed by atoms with Crippen molar-refractivity contribution in [2.45, 2.75) is 6.42 Å². The van der Waals surface area contributed by atoms with Gasteiger partial charge in [0.05, 0.1) is 19.5 Å². The van der Waals surface area contributed by atoms with Crippen LogP contribution in [0.5, 0.6) is 23.0 Å². The Morgan fingerprint density at radius 2 is 1.33 bits per heavy atom. The maximum absolute atomic E-state index is 8.44. The van der Waals surface area contributed by atoms with Gasteiger partial charge in [0.1, 0.15) is 24.8 Å². The molecule has 4 aromatic carbocycles. The number of benzene rings is 4. The van der Waals surface area contributed by atoms with E-state index in [1.165, 1.54) is 5.56 Å². The van der Waals surface area contributed by atoms with Crippen LogP contribution in [0.3, 0.4) is 0 Å². The Morgan fingerprint density at radius 1 is 0.800 bits per heavy atom. The number of aliphatic imine (C=N–C) groups is 1. The van der Waals surface area contributed by atoms with Gasteiger partial charge in [-0.3, -0.25) is 14.5 Å². The molecule has 0 bridgehead atoms. The minimum Gasteiger partial charge on any atom is -0.610 e. The first-order chi connectivity index (χ1) is 25.7. The summed E-state index contributed by atoms with van der Waals surface area (Å²) in [7, 11) is 11.5. The predicted molar refractivity (Wildman–Crippen MR) is 226 cm³/mol. The molecule has 0 fully saturated rings. The zero-order valence-corrected chi connectivity index (χ0v) is 40.7. The number of ether oxygens (including phenoxy) is 2. The average molecular weight is 1170 g/mol. The number of azide groups is 1. The minimum absolute atomic E-state index is 0. The van der Waals surface area contributed by atoms with E-state index in [2.05, 4.69) is 48.0 Å². The number of hydrazone groups is 2. The van der Waals surface area contributed by atoms with E-state index in [1.807, 2.05) is 104 Å². The van der Waals surface area contributed by atoms with Crippen LogP contribution in [0.15, 0.2) is 117 Å². The van der Waals surface area contributed by atoms with Crippen LogP contribution in [0.1, 0.15) is 22.3 Å². The van der Waals surface area contributed by atoms with Gasteiger partial charge in [0.25, 0.3) is 0 Å². The Bertz CT molecular complexity index is 1880. The number of nitrogens with zero attached hydrogens (tertiary/aromatic N) is 9. The summed E-state index contributed by atoms with van der Waals surface area (Å²) >= 11 is 5.53. The molecule has 0 radical (unpaired) electrons. The van der Waals surface area contributed by atoms with Gasteiger partial charge in [-0.1, -0.05) is 37.3 Å². The molecule has 4 atom stereocenters. The second-order valence-electron chi connectivity index (χ2n) is 11.0. The first-order valence-electron chi connectivity index (χ1n) is 15.9. The summed E-state index contributed by atoms with van der Waals surface area (Å²) in [5, 5.41) is 10.6. The molecule has 4 rings (SSSR count). The quantitative estimate of drug-likeness (QED) is 0.0118. The molecule has 0 spiro atoms. The van der Waals surface area contributed by atoms with Crippen LogP contribution in [-0.4, -0.2) is 67.4 Å². The summed E-state index contributed by atoms with van der Waals surface area (Å²) in [5.41, 5.74) is 12.3. The molecule has 13 nitrogen and oxygen atoms in total. The Morgan fingerprint density at radius 3 is 1.91 bits per heavy atom. The molecular weight excluding hydrogens is 1130 g/mol. The monoisotopic (exact) mass is 1170 g/mol. The van der Waals surface area contributed by atoms with E-state index in [0.717, 1.165) is 29.7 Å². The van der Waals surface area contributed by atoms with Gasteiger partial charge in [0.2, 0.25) is 11.8 Å². The summed E-state index contributed by atoms with van der Waals surface area (Å²) in [6.07, 6.45) is 6.08. The fourth-order valence-electron chi connectivity index (χ4n) is 4.08. The fourth-order valence-corrected chi connectivity index (χ4v) is 7.19.